The normalized spacial score (nSPS) is 15.3. The number of halogens is 1. The number of cyclic esters (lactones) is 1. The third-order valence-electron chi connectivity index (χ3n) is 3.84. The van der Waals surface area contributed by atoms with E-state index in [1.165, 1.54) is 30.3 Å². The van der Waals surface area contributed by atoms with E-state index >= 15 is 0 Å². The van der Waals surface area contributed by atoms with Gasteiger partial charge in [-0.25, -0.2) is 17.6 Å². The van der Waals surface area contributed by atoms with E-state index in [4.69, 9.17) is 4.74 Å². The van der Waals surface area contributed by atoms with Crippen molar-refractivity contribution in [2.45, 2.75) is 11.3 Å². The van der Waals surface area contributed by atoms with Gasteiger partial charge in [0, 0.05) is 12.7 Å². The maximum Gasteiger partial charge on any atom is 0.339 e. The molecule has 0 saturated heterocycles. The highest BCUT2D eigenvalue weighted by molar-refractivity contribution is 7.90. The third-order valence-corrected chi connectivity index (χ3v) is 4.96. The Morgan fingerprint density at radius 3 is 2.38 bits per heavy atom. The molecule has 0 radical (unpaired) electrons. The summed E-state index contributed by atoms with van der Waals surface area (Å²) in [7, 11) is -3.29. The highest BCUT2D eigenvalue weighted by Crippen LogP contribution is 2.33. The fraction of sp³-hybridized carbons (Fsp3) is 0.167. The standard InChI is InChI=1S/C18H15FO4S/c1-24(21,22)15-7-5-12(6-8-15)16-9-10-23-18(20)17(16)13-3-2-4-14(19)11-13/h2-8,11H,9-10H2,1H3. The van der Waals surface area contributed by atoms with Crippen molar-refractivity contribution >= 4 is 27.0 Å². The van der Waals surface area contributed by atoms with Crippen molar-refractivity contribution < 1.29 is 22.3 Å². The van der Waals surface area contributed by atoms with Crippen LogP contribution in [0.15, 0.2) is 53.4 Å². The van der Waals surface area contributed by atoms with Gasteiger partial charge in [0.2, 0.25) is 0 Å². The van der Waals surface area contributed by atoms with Gasteiger partial charge in [-0.05, 0) is 41.0 Å². The average Bonchev–Trinajstić information content (AvgIpc) is 2.54. The van der Waals surface area contributed by atoms with Crippen molar-refractivity contribution in [1.82, 2.24) is 0 Å². The molecule has 0 amide bonds. The Balaban J connectivity index is 2.14. The Morgan fingerprint density at radius 2 is 1.75 bits per heavy atom. The van der Waals surface area contributed by atoms with Crippen LogP contribution in [0.25, 0.3) is 11.1 Å². The summed E-state index contributed by atoms with van der Waals surface area (Å²) >= 11 is 0. The fourth-order valence-corrected chi connectivity index (χ4v) is 3.32. The zero-order chi connectivity index (χ0) is 17.3. The lowest BCUT2D eigenvalue weighted by molar-refractivity contribution is -0.136. The first kappa shape index (κ1) is 16.4. The van der Waals surface area contributed by atoms with Crippen molar-refractivity contribution in [2.75, 3.05) is 12.9 Å². The largest absolute Gasteiger partial charge is 0.462 e. The smallest absolute Gasteiger partial charge is 0.339 e. The number of carbonyl (C=O) groups excluding carboxylic acids is 1. The summed E-state index contributed by atoms with van der Waals surface area (Å²) in [5, 5.41) is 0. The van der Waals surface area contributed by atoms with E-state index in [9.17, 15) is 17.6 Å². The maximum atomic E-state index is 13.5. The minimum absolute atomic E-state index is 0.206. The summed E-state index contributed by atoms with van der Waals surface area (Å²) in [6, 6.07) is 12.1. The molecule has 124 valence electrons. The molecule has 0 aliphatic carbocycles. The second-order valence-electron chi connectivity index (χ2n) is 5.55. The zero-order valence-electron chi connectivity index (χ0n) is 13.0. The zero-order valence-corrected chi connectivity index (χ0v) is 13.8. The molecular weight excluding hydrogens is 331 g/mol. The summed E-state index contributed by atoms with van der Waals surface area (Å²) in [4.78, 5) is 12.4. The van der Waals surface area contributed by atoms with Gasteiger partial charge in [-0.15, -0.1) is 0 Å². The number of rotatable bonds is 3. The average molecular weight is 346 g/mol. The minimum atomic E-state index is -3.29. The Labute approximate surface area is 139 Å². The SMILES string of the molecule is CS(=O)(=O)c1ccc(C2=C(c3cccc(F)c3)C(=O)OCC2)cc1. The third kappa shape index (κ3) is 3.23. The van der Waals surface area contributed by atoms with Gasteiger partial charge in [0.05, 0.1) is 17.1 Å². The number of hydrogen-bond donors (Lipinski definition) is 0. The lowest BCUT2D eigenvalue weighted by atomic mass is 9.91. The van der Waals surface area contributed by atoms with Gasteiger partial charge >= 0.3 is 5.97 Å². The molecule has 2 aromatic rings. The number of sulfone groups is 1. The molecule has 0 atom stereocenters. The van der Waals surface area contributed by atoms with Gasteiger partial charge in [0.15, 0.2) is 9.84 Å². The van der Waals surface area contributed by atoms with Crippen LogP contribution < -0.4 is 0 Å². The van der Waals surface area contributed by atoms with Gasteiger partial charge in [-0.3, -0.25) is 0 Å². The molecule has 1 aliphatic heterocycles. The molecule has 24 heavy (non-hydrogen) atoms. The molecule has 6 heteroatoms. The van der Waals surface area contributed by atoms with E-state index in [1.807, 2.05) is 0 Å². The second-order valence-corrected chi connectivity index (χ2v) is 7.56. The van der Waals surface area contributed by atoms with Gasteiger partial charge in [-0.1, -0.05) is 24.3 Å². The van der Waals surface area contributed by atoms with Crippen LogP contribution in [0, 0.1) is 5.82 Å². The predicted molar refractivity (Wildman–Crippen MR) is 88.3 cm³/mol. The maximum absolute atomic E-state index is 13.5. The van der Waals surface area contributed by atoms with E-state index in [-0.39, 0.29) is 11.5 Å². The van der Waals surface area contributed by atoms with E-state index in [0.717, 1.165) is 17.4 Å². The fourth-order valence-electron chi connectivity index (χ4n) is 2.69. The highest BCUT2D eigenvalue weighted by atomic mass is 32.2. The number of hydrogen-bond acceptors (Lipinski definition) is 4. The van der Waals surface area contributed by atoms with Crippen LogP contribution in [0.2, 0.25) is 0 Å². The van der Waals surface area contributed by atoms with Gasteiger partial charge in [0.1, 0.15) is 5.82 Å². The lowest BCUT2D eigenvalue weighted by Gasteiger charge is -2.20. The van der Waals surface area contributed by atoms with E-state index in [2.05, 4.69) is 0 Å². The molecule has 1 heterocycles. The van der Waals surface area contributed by atoms with Crippen LogP contribution in [0.3, 0.4) is 0 Å². The quantitative estimate of drug-likeness (QED) is 0.802. The molecule has 0 aromatic heterocycles. The van der Waals surface area contributed by atoms with Crippen molar-refractivity contribution in [1.29, 1.82) is 0 Å². The Hall–Kier alpha value is -2.47. The van der Waals surface area contributed by atoms with Crippen molar-refractivity contribution in [3.8, 4) is 0 Å². The molecule has 0 unspecified atom stereocenters. The molecule has 2 aromatic carbocycles. The predicted octanol–water partition coefficient (Wildman–Crippen LogP) is 3.09. The Bertz CT molecular complexity index is 928. The van der Waals surface area contributed by atoms with Gasteiger partial charge in [-0.2, -0.15) is 0 Å². The van der Waals surface area contributed by atoms with Crippen LogP contribution in [0.5, 0.6) is 0 Å². The number of esters is 1. The van der Waals surface area contributed by atoms with Crippen LogP contribution >= 0.6 is 0 Å². The van der Waals surface area contributed by atoms with E-state index < -0.39 is 21.6 Å². The molecule has 1 aliphatic rings. The minimum Gasteiger partial charge on any atom is -0.462 e. The Kier molecular flexibility index (Phi) is 4.24. The first-order valence-corrected chi connectivity index (χ1v) is 9.22. The molecule has 4 nitrogen and oxygen atoms in total. The molecular formula is C18H15FO4S. The number of carbonyl (C=O) groups is 1. The summed E-state index contributed by atoms with van der Waals surface area (Å²) < 4.78 is 41.8. The summed E-state index contributed by atoms with van der Waals surface area (Å²) in [6.45, 7) is 0.237. The number of ether oxygens (including phenoxy) is 1. The summed E-state index contributed by atoms with van der Waals surface area (Å²) in [6.07, 6.45) is 1.62. The van der Waals surface area contributed by atoms with Crippen molar-refractivity contribution in [2.24, 2.45) is 0 Å². The summed E-state index contributed by atoms with van der Waals surface area (Å²) in [5.74, 6) is -0.945. The topological polar surface area (TPSA) is 60.4 Å². The molecule has 0 spiro atoms. The van der Waals surface area contributed by atoms with Crippen LogP contribution in [-0.4, -0.2) is 27.2 Å². The Morgan fingerprint density at radius 1 is 1.04 bits per heavy atom. The van der Waals surface area contributed by atoms with Crippen molar-refractivity contribution in [3.05, 3.63) is 65.5 Å². The monoisotopic (exact) mass is 346 g/mol. The number of benzene rings is 2. The van der Waals surface area contributed by atoms with Gasteiger partial charge < -0.3 is 4.74 Å². The first-order valence-electron chi connectivity index (χ1n) is 7.33. The van der Waals surface area contributed by atoms with E-state index in [1.54, 1.807) is 18.2 Å². The summed E-state index contributed by atoms with van der Waals surface area (Å²) in [5.41, 5.74) is 2.20. The van der Waals surface area contributed by atoms with E-state index in [0.29, 0.717) is 17.6 Å². The second kappa shape index (κ2) is 6.20. The van der Waals surface area contributed by atoms with Crippen LogP contribution in [0.1, 0.15) is 17.5 Å². The molecule has 0 fully saturated rings. The molecule has 0 N–H and O–H groups in total. The first-order chi connectivity index (χ1) is 11.4. The molecule has 0 bridgehead atoms. The molecule has 0 saturated carbocycles. The molecule has 3 rings (SSSR count). The highest BCUT2D eigenvalue weighted by Gasteiger charge is 2.25. The van der Waals surface area contributed by atoms with Crippen molar-refractivity contribution in [3.63, 3.8) is 0 Å². The lowest BCUT2D eigenvalue weighted by Crippen LogP contribution is -2.16. The van der Waals surface area contributed by atoms with Crippen LogP contribution in [-0.2, 0) is 19.4 Å². The van der Waals surface area contributed by atoms with Gasteiger partial charge in [0.25, 0.3) is 0 Å². The van der Waals surface area contributed by atoms with Crippen LogP contribution in [0.4, 0.5) is 4.39 Å².